The summed E-state index contributed by atoms with van der Waals surface area (Å²) in [5.41, 5.74) is 6.61. The van der Waals surface area contributed by atoms with Crippen LogP contribution in [0.1, 0.15) is 23.2 Å². The minimum absolute atomic E-state index is 0.0755. The zero-order valence-corrected chi connectivity index (χ0v) is 11.2. The predicted octanol–water partition coefficient (Wildman–Crippen LogP) is 1.94. The third-order valence-corrected chi connectivity index (χ3v) is 4.47. The van der Waals surface area contributed by atoms with E-state index in [0.29, 0.717) is 16.5 Å². The van der Waals surface area contributed by atoms with Gasteiger partial charge in [0.1, 0.15) is 5.75 Å². The summed E-state index contributed by atoms with van der Waals surface area (Å²) in [4.78, 5) is 14.1. The zero-order chi connectivity index (χ0) is 13.1. The van der Waals surface area contributed by atoms with Gasteiger partial charge in [-0.3, -0.25) is 4.79 Å². The third-order valence-electron chi connectivity index (χ3n) is 3.33. The zero-order valence-electron chi connectivity index (χ0n) is 10.4. The van der Waals surface area contributed by atoms with Gasteiger partial charge in [-0.15, -0.1) is 0 Å². The van der Waals surface area contributed by atoms with Crippen LogP contribution in [0.2, 0.25) is 0 Å². The molecule has 1 saturated heterocycles. The first-order chi connectivity index (χ1) is 8.61. The Kier molecular flexibility index (Phi) is 4.01. The van der Waals surface area contributed by atoms with Crippen LogP contribution < -0.4 is 5.73 Å². The number of benzene rings is 1. The van der Waals surface area contributed by atoms with E-state index in [0.717, 1.165) is 25.9 Å². The normalized spacial score (nSPS) is 16.8. The monoisotopic (exact) mass is 266 g/mol. The molecule has 1 heterocycles. The molecule has 0 atom stereocenters. The molecule has 0 unspecified atom stereocenters. The second-order valence-electron chi connectivity index (χ2n) is 4.50. The number of anilines is 1. The van der Waals surface area contributed by atoms with Gasteiger partial charge in [0, 0.05) is 24.0 Å². The molecule has 0 radical (unpaired) electrons. The summed E-state index contributed by atoms with van der Waals surface area (Å²) in [6, 6.07) is 4.50. The van der Waals surface area contributed by atoms with Gasteiger partial charge in [0.25, 0.3) is 5.91 Å². The van der Waals surface area contributed by atoms with Crippen molar-refractivity contribution in [2.45, 2.75) is 18.1 Å². The van der Waals surface area contributed by atoms with Crippen LogP contribution in [0, 0.1) is 0 Å². The first kappa shape index (κ1) is 13.1. The second-order valence-corrected chi connectivity index (χ2v) is 5.64. The quantitative estimate of drug-likeness (QED) is 0.634. The molecule has 0 aromatic heterocycles. The number of thioether (sulfide) groups is 1. The summed E-state index contributed by atoms with van der Waals surface area (Å²) in [5.74, 6) is -0.00509. The summed E-state index contributed by atoms with van der Waals surface area (Å²) in [6.45, 7) is 1.53. The Balaban J connectivity index is 2.10. The van der Waals surface area contributed by atoms with E-state index in [1.807, 2.05) is 16.7 Å². The Hall–Kier alpha value is -1.36. The Bertz CT molecular complexity index is 443. The maximum absolute atomic E-state index is 12.3. The minimum atomic E-state index is -0.0806. The van der Waals surface area contributed by atoms with Gasteiger partial charge >= 0.3 is 0 Å². The van der Waals surface area contributed by atoms with Gasteiger partial charge in [0.2, 0.25) is 0 Å². The molecule has 1 aromatic rings. The smallest absolute Gasteiger partial charge is 0.256 e. The fourth-order valence-electron chi connectivity index (χ4n) is 2.19. The molecule has 98 valence electrons. The molecule has 0 saturated carbocycles. The van der Waals surface area contributed by atoms with Crippen molar-refractivity contribution in [1.82, 2.24) is 4.90 Å². The number of carbonyl (C=O) groups excluding carboxylic acids is 1. The Labute approximate surface area is 111 Å². The van der Waals surface area contributed by atoms with Gasteiger partial charge in [-0.1, -0.05) is 0 Å². The largest absolute Gasteiger partial charge is 0.508 e. The van der Waals surface area contributed by atoms with Gasteiger partial charge in [-0.05, 0) is 37.3 Å². The number of nitrogens with zero attached hydrogens (tertiary/aromatic N) is 1. The number of amides is 1. The van der Waals surface area contributed by atoms with Crippen molar-refractivity contribution in [2.24, 2.45) is 0 Å². The number of likely N-dealkylation sites (tertiary alicyclic amines) is 1. The molecule has 5 heteroatoms. The fraction of sp³-hybridized carbons (Fsp3) is 0.462. The summed E-state index contributed by atoms with van der Waals surface area (Å²) in [7, 11) is 0. The number of piperidine rings is 1. The Morgan fingerprint density at radius 3 is 2.72 bits per heavy atom. The molecule has 18 heavy (non-hydrogen) atoms. The highest BCUT2D eigenvalue weighted by atomic mass is 32.2. The van der Waals surface area contributed by atoms with E-state index in [4.69, 9.17) is 5.73 Å². The van der Waals surface area contributed by atoms with Gasteiger partial charge in [0.05, 0.1) is 5.56 Å². The summed E-state index contributed by atoms with van der Waals surface area (Å²) >= 11 is 1.86. The number of hydrogen-bond acceptors (Lipinski definition) is 4. The van der Waals surface area contributed by atoms with Crippen LogP contribution in [-0.4, -0.2) is 40.5 Å². The SMILES string of the molecule is CSC1CCN(C(=O)c2cc(O)ccc2N)CC1. The number of carbonyl (C=O) groups is 1. The molecule has 0 aliphatic carbocycles. The molecule has 0 bridgehead atoms. The number of rotatable bonds is 2. The number of hydrogen-bond donors (Lipinski definition) is 2. The number of nitrogens with two attached hydrogens (primary N) is 1. The molecule has 0 spiro atoms. The predicted molar refractivity (Wildman–Crippen MR) is 75.0 cm³/mol. The highest BCUT2D eigenvalue weighted by Gasteiger charge is 2.24. The highest BCUT2D eigenvalue weighted by Crippen LogP contribution is 2.25. The van der Waals surface area contributed by atoms with Crippen molar-refractivity contribution >= 4 is 23.4 Å². The number of phenols is 1. The molecule has 1 fully saturated rings. The molecule has 1 aliphatic heterocycles. The van der Waals surface area contributed by atoms with Crippen LogP contribution in [0.3, 0.4) is 0 Å². The second kappa shape index (κ2) is 5.52. The number of nitrogen functional groups attached to an aromatic ring is 1. The molecular weight excluding hydrogens is 248 g/mol. The van der Waals surface area contributed by atoms with E-state index in [1.165, 1.54) is 12.1 Å². The average Bonchev–Trinajstić information content (AvgIpc) is 2.41. The van der Waals surface area contributed by atoms with Crippen LogP contribution in [0.15, 0.2) is 18.2 Å². The van der Waals surface area contributed by atoms with Crippen LogP contribution >= 0.6 is 11.8 Å². The van der Waals surface area contributed by atoms with Crippen LogP contribution in [-0.2, 0) is 0 Å². The average molecular weight is 266 g/mol. The maximum Gasteiger partial charge on any atom is 0.256 e. The van der Waals surface area contributed by atoms with Crippen LogP contribution in [0.5, 0.6) is 5.75 Å². The van der Waals surface area contributed by atoms with E-state index < -0.39 is 0 Å². The van der Waals surface area contributed by atoms with Crippen LogP contribution in [0.25, 0.3) is 0 Å². The molecule has 4 nitrogen and oxygen atoms in total. The summed E-state index contributed by atoms with van der Waals surface area (Å²) in [5, 5.41) is 10.1. The lowest BCUT2D eigenvalue weighted by Gasteiger charge is -2.31. The van der Waals surface area contributed by atoms with Gasteiger partial charge in [0.15, 0.2) is 0 Å². The summed E-state index contributed by atoms with van der Waals surface area (Å²) < 4.78 is 0. The first-order valence-electron chi connectivity index (χ1n) is 6.02. The van der Waals surface area contributed by atoms with Crippen molar-refractivity contribution in [3.63, 3.8) is 0 Å². The van der Waals surface area contributed by atoms with Gasteiger partial charge in [-0.2, -0.15) is 11.8 Å². The molecule has 2 rings (SSSR count). The number of aromatic hydroxyl groups is 1. The highest BCUT2D eigenvalue weighted by molar-refractivity contribution is 7.99. The van der Waals surface area contributed by atoms with E-state index in [2.05, 4.69) is 6.26 Å². The first-order valence-corrected chi connectivity index (χ1v) is 7.31. The fourth-order valence-corrected chi connectivity index (χ4v) is 2.88. The lowest BCUT2D eigenvalue weighted by molar-refractivity contribution is 0.0728. The van der Waals surface area contributed by atoms with Crippen molar-refractivity contribution in [3.8, 4) is 5.75 Å². The standard InChI is InChI=1S/C13H18N2O2S/c1-18-10-4-6-15(7-5-10)13(17)11-8-9(16)2-3-12(11)14/h2-3,8,10,16H,4-7,14H2,1H3. The van der Waals surface area contributed by atoms with E-state index >= 15 is 0 Å². The number of phenolic OH excluding ortho intramolecular Hbond substituents is 1. The third kappa shape index (κ3) is 2.72. The topological polar surface area (TPSA) is 66.6 Å². The minimum Gasteiger partial charge on any atom is -0.508 e. The molecular formula is C13H18N2O2S. The van der Waals surface area contributed by atoms with E-state index in [9.17, 15) is 9.90 Å². The Morgan fingerprint density at radius 1 is 1.44 bits per heavy atom. The molecule has 1 aromatic carbocycles. The lowest BCUT2D eigenvalue weighted by atomic mass is 10.1. The van der Waals surface area contributed by atoms with Crippen molar-refractivity contribution in [1.29, 1.82) is 0 Å². The molecule has 1 aliphatic rings. The van der Waals surface area contributed by atoms with Crippen molar-refractivity contribution in [3.05, 3.63) is 23.8 Å². The maximum atomic E-state index is 12.3. The molecule has 1 amide bonds. The van der Waals surface area contributed by atoms with Crippen molar-refractivity contribution in [2.75, 3.05) is 25.1 Å². The van der Waals surface area contributed by atoms with Crippen LogP contribution in [0.4, 0.5) is 5.69 Å². The van der Waals surface area contributed by atoms with Gasteiger partial charge < -0.3 is 15.7 Å². The van der Waals surface area contributed by atoms with E-state index in [1.54, 1.807) is 6.07 Å². The summed E-state index contributed by atoms with van der Waals surface area (Å²) in [6.07, 6.45) is 4.15. The Morgan fingerprint density at radius 2 is 2.11 bits per heavy atom. The lowest BCUT2D eigenvalue weighted by Crippen LogP contribution is -2.39. The van der Waals surface area contributed by atoms with Crippen molar-refractivity contribution < 1.29 is 9.90 Å². The van der Waals surface area contributed by atoms with E-state index in [-0.39, 0.29) is 11.7 Å². The van der Waals surface area contributed by atoms with Gasteiger partial charge in [-0.25, -0.2) is 0 Å². The molecule has 3 N–H and O–H groups in total.